The Morgan fingerprint density at radius 2 is 1.59 bits per heavy atom. The van der Waals surface area contributed by atoms with Gasteiger partial charge in [0.15, 0.2) is 18.2 Å². The molecule has 1 fully saturated rings. The largest absolute Gasteiger partial charge is 0.481 e. The van der Waals surface area contributed by atoms with Crippen LogP contribution in [-0.2, 0) is 0 Å². The van der Waals surface area contributed by atoms with E-state index in [2.05, 4.69) is 4.74 Å². The molecule has 1 aromatic rings. The molecule has 0 aliphatic heterocycles. The van der Waals surface area contributed by atoms with Crippen LogP contribution in [0.5, 0.6) is 5.75 Å². The molecule has 0 bridgehead atoms. The first-order valence-corrected chi connectivity index (χ1v) is 9.94. The Morgan fingerprint density at radius 3 is 2.22 bits per heavy atom. The van der Waals surface area contributed by atoms with Gasteiger partial charge in [-0.1, -0.05) is 38.2 Å². The van der Waals surface area contributed by atoms with Crippen LogP contribution in [0, 0.1) is 11.7 Å². The normalized spacial score (nSPS) is 20.6. The maximum atomic E-state index is 14.0. The van der Waals surface area contributed by atoms with Crippen LogP contribution in [0.25, 0.3) is 0 Å². The molecule has 0 radical (unpaired) electrons. The number of alkyl halides is 4. The van der Waals surface area contributed by atoms with E-state index < -0.39 is 18.6 Å². The van der Waals surface area contributed by atoms with Crippen molar-refractivity contribution < 1.29 is 26.7 Å². The fourth-order valence-electron chi connectivity index (χ4n) is 3.89. The molecular weight excluding hydrogens is 363 g/mol. The summed E-state index contributed by atoms with van der Waals surface area (Å²) >= 11 is 0. The topological polar surface area (TPSA) is 9.23 Å². The Morgan fingerprint density at radius 1 is 0.926 bits per heavy atom. The summed E-state index contributed by atoms with van der Waals surface area (Å²) in [6.07, 6.45) is 5.96. The van der Waals surface area contributed by atoms with Gasteiger partial charge < -0.3 is 4.74 Å². The molecule has 1 aromatic carbocycles. The fraction of sp³-hybridized carbons (Fsp3) is 0.714. The summed E-state index contributed by atoms with van der Waals surface area (Å²) in [5.41, 5.74) is 0.844. The number of rotatable bonds is 10. The van der Waals surface area contributed by atoms with E-state index in [0.717, 1.165) is 50.5 Å². The first-order chi connectivity index (χ1) is 12.9. The molecule has 0 unspecified atom stereocenters. The van der Waals surface area contributed by atoms with Crippen molar-refractivity contribution in [1.29, 1.82) is 0 Å². The van der Waals surface area contributed by atoms with Crippen molar-refractivity contribution in [3.63, 3.8) is 0 Å². The predicted molar refractivity (Wildman–Crippen MR) is 96.3 cm³/mol. The van der Waals surface area contributed by atoms with Gasteiger partial charge in [0, 0.05) is 0 Å². The molecule has 2 rings (SSSR count). The third kappa shape index (κ3) is 8.06. The van der Waals surface area contributed by atoms with Crippen molar-refractivity contribution in [1.82, 2.24) is 0 Å². The second kappa shape index (κ2) is 10.9. The van der Waals surface area contributed by atoms with E-state index >= 15 is 0 Å². The van der Waals surface area contributed by atoms with Crippen molar-refractivity contribution in [2.75, 3.05) is 13.3 Å². The molecule has 1 aliphatic carbocycles. The van der Waals surface area contributed by atoms with E-state index in [1.807, 2.05) is 0 Å². The Hall–Kier alpha value is -1.33. The van der Waals surface area contributed by atoms with Crippen molar-refractivity contribution in [3.8, 4) is 5.75 Å². The third-order valence-corrected chi connectivity index (χ3v) is 5.41. The summed E-state index contributed by atoms with van der Waals surface area (Å²) in [7, 11) is 0. The molecule has 1 saturated carbocycles. The molecule has 0 amide bonds. The van der Waals surface area contributed by atoms with Crippen molar-refractivity contribution in [3.05, 3.63) is 29.6 Å². The Balaban J connectivity index is 1.73. The average molecular weight is 392 g/mol. The third-order valence-electron chi connectivity index (χ3n) is 5.41. The summed E-state index contributed by atoms with van der Waals surface area (Å²) in [4.78, 5) is 0. The zero-order valence-electron chi connectivity index (χ0n) is 15.7. The van der Waals surface area contributed by atoms with Crippen LogP contribution in [0.2, 0.25) is 0 Å². The number of ether oxygens (including phenoxy) is 1. The quantitative estimate of drug-likeness (QED) is 0.299. The Labute approximate surface area is 158 Å². The highest BCUT2D eigenvalue weighted by atomic mass is 19.4. The van der Waals surface area contributed by atoms with Gasteiger partial charge in [-0.05, 0) is 61.6 Å². The lowest BCUT2D eigenvalue weighted by Crippen LogP contribution is -2.19. The van der Waals surface area contributed by atoms with E-state index in [9.17, 15) is 22.0 Å². The van der Waals surface area contributed by atoms with Crippen LogP contribution in [0.3, 0.4) is 0 Å². The molecule has 0 saturated heterocycles. The van der Waals surface area contributed by atoms with E-state index in [0.29, 0.717) is 12.3 Å². The van der Waals surface area contributed by atoms with Crippen LogP contribution < -0.4 is 4.74 Å². The zero-order valence-corrected chi connectivity index (χ0v) is 15.7. The smallest absolute Gasteiger partial charge is 0.422 e. The number of benzene rings is 1. The minimum atomic E-state index is -4.48. The monoisotopic (exact) mass is 392 g/mol. The minimum Gasteiger partial charge on any atom is -0.481 e. The molecule has 0 atom stereocenters. The van der Waals surface area contributed by atoms with E-state index in [1.54, 1.807) is 6.07 Å². The first kappa shape index (κ1) is 22.0. The van der Waals surface area contributed by atoms with E-state index in [-0.39, 0.29) is 18.3 Å². The second-order valence-corrected chi connectivity index (χ2v) is 7.56. The maximum absolute atomic E-state index is 14.0. The van der Waals surface area contributed by atoms with Gasteiger partial charge in [-0.15, -0.1) is 0 Å². The van der Waals surface area contributed by atoms with Gasteiger partial charge in [0.2, 0.25) is 0 Å². The number of hydrogen-bond acceptors (Lipinski definition) is 1. The molecule has 0 aromatic heterocycles. The number of unbranched alkanes of at least 4 members (excludes halogenated alkanes) is 4. The number of hydrogen-bond donors (Lipinski definition) is 0. The van der Waals surface area contributed by atoms with E-state index in [4.69, 9.17) is 0 Å². The molecule has 1 aliphatic rings. The molecular formula is C21H29F5O. The van der Waals surface area contributed by atoms with Crippen molar-refractivity contribution >= 4 is 0 Å². The maximum Gasteiger partial charge on any atom is 0.422 e. The van der Waals surface area contributed by atoms with Gasteiger partial charge in [-0.3, -0.25) is 4.39 Å². The van der Waals surface area contributed by atoms with Crippen molar-refractivity contribution in [2.45, 2.75) is 76.3 Å². The molecule has 0 spiro atoms. The highest BCUT2D eigenvalue weighted by Gasteiger charge is 2.29. The van der Waals surface area contributed by atoms with Gasteiger partial charge in [0.1, 0.15) is 0 Å². The summed E-state index contributed by atoms with van der Waals surface area (Å²) in [5.74, 6) is -0.122. The highest BCUT2D eigenvalue weighted by molar-refractivity contribution is 5.31. The lowest BCUT2D eigenvalue weighted by atomic mass is 9.77. The van der Waals surface area contributed by atoms with E-state index in [1.165, 1.54) is 25.0 Å². The highest BCUT2D eigenvalue weighted by Crippen LogP contribution is 2.38. The van der Waals surface area contributed by atoms with Crippen LogP contribution >= 0.6 is 0 Å². The number of halogens is 5. The van der Waals surface area contributed by atoms with Gasteiger partial charge in [0.05, 0.1) is 6.67 Å². The van der Waals surface area contributed by atoms with Gasteiger partial charge >= 0.3 is 6.18 Å². The summed E-state index contributed by atoms with van der Waals surface area (Å²) in [5, 5.41) is 0. The molecule has 27 heavy (non-hydrogen) atoms. The van der Waals surface area contributed by atoms with Crippen molar-refractivity contribution in [2.24, 2.45) is 5.92 Å². The standard InChI is InChI=1S/C21H29F5O/c22-13-5-3-1-2-4-6-16-7-9-17(10-8-16)18-11-12-20(19(23)14-18)27-15-21(24,25)26/h11-12,14,16-17H,1-10,13,15H2. The minimum absolute atomic E-state index is 0.222. The lowest BCUT2D eigenvalue weighted by Gasteiger charge is -2.29. The molecule has 0 N–H and O–H groups in total. The molecule has 154 valence electrons. The van der Waals surface area contributed by atoms with Crippen LogP contribution in [-0.4, -0.2) is 19.5 Å². The second-order valence-electron chi connectivity index (χ2n) is 7.56. The van der Waals surface area contributed by atoms with Crippen LogP contribution in [0.4, 0.5) is 22.0 Å². The molecule has 0 heterocycles. The first-order valence-electron chi connectivity index (χ1n) is 9.94. The summed E-state index contributed by atoms with van der Waals surface area (Å²) < 4.78 is 67.1. The lowest BCUT2D eigenvalue weighted by molar-refractivity contribution is -0.153. The van der Waals surface area contributed by atoms with Crippen LogP contribution in [0.15, 0.2) is 18.2 Å². The van der Waals surface area contributed by atoms with Gasteiger partial charge in [-0.25, -0.2) is 4.39 Å². The summed E-state index contributed by atoms with van der Waals surface area (Å²) in [6, 6.07) is 4.31. The SMILES string of the molecule is FCCCCCCCC1CCC(c2ccc(OCC(F)(F)F)c(F)c2)CC1. The Kier molecular flexibility index (Phi) is 8.84. The summed E-state index contributed by atoms with van der Waals surface area (Å²) in [6.45, 7) is -1.71. The Bertz CT molecular complexity index is 550. The zero-order chi connectivity index (χ0) is 19.7. The van der Waals surface area contributed by atoms with Gasteiger partial charge in [0.25, 0.3) is 0 Å². The van der Waals surface area contributed by atoms with Crippen LogP contribution in [0.1, 0.15) is 75.7 Å². The predicted octanol–water partition coefficient (Wildman–Crippen LogP) is 7.35. The van der Waals surface area contributed by atoms with Gasteiger partial charge in [-0.2, -0.15) is 13.2 Å². The molecule has 6 heteroatoms. The molecule has 1 nitrogen and oxygen atoms in total. The fourth-order valence-corrected chi connectivity index (χ4v) is 3.89. The average Bonchev–Trinajstić information content (AvgIpc) is 2.63.